The van der Waals surface area contributed by atoms with Gasteiger partial charge >= 0.3 is 0 Å². The van der Waals surface area contributed by atoms with Gasteiger partial charge in [-0.2, -0.15) is 4.31 Å². The number of nitrogens with zero attached hydrogens (tertiary/aromatic N) is 3. The molecule has 0 bridgehead atoms. The number of amides is 1. The maximum atomic E-state index is 13.8. The van der Waals surface area contributed by atoms with Gasteiger partial charge in [-0.15, -0.1) is 0 Å². The molecule has 1 fully saturated rings. The van der Waals surface area contributed by atoms with Crippen LogP contribution < -0.4 is 4.90 Å². The molecule has 3 heterocycles. The van der Waals surface area contributed by atoms with E-state index in [4.69, 9.17) is 4.52 Å². The summed E-state index contributed by atoms with van der Waals surface area (Å²) in [6, 6.07) is 12.1. The highest BCUT2D eigenvalue weighted by atomic mass is 32.2. The van der Waals surface area contributed by atoms with E-state index in [-0.39, 0.29) is 29.0 Å². The zero-order valence-electron chi connectivity index (χ0n) is 21.8. The first-order chi connectivity index (χ1) is 17.7. The number of aryl methyl sites for hydroxylation is 4. The van der Waals surface area contributed by atoms with E-state index in [1.807, 2.05) is 49.1 Å². The van der Waals surface area contributed by atoms with E-state index >= 15 is 0 Å². The van der Waals surface area contributed by atoms with Crippen LogP contribution in [0.15, 0.2) is 45.8 Å². The minimum atomic E-state index is -3.91. The molecular weight excluding hydrogens is 486 g/mol. The standard InChI is InChI=1S/C29H33N3O4S/c1-19-16-20(2)25(21(3)17-19)11-12-27-28(22(4)30-36-27)37(34,35)31-14-7-9-24(18-31)29(33)32-15-13-23-8-5-6-10-26(23)32/h5-6,8,10-12,16-17,24H,7,9,13-15,18H2,1-4H3/b12-11+/t24-/m1/s1. The maximum Gasteiger partial charge on any atom is 0.248 e. The number of piperidine rings is 1. The summed E-state index contributed by atoms with van der Waals surface area (Å²) >= 11 is 0. The van der Waals surface area contributed by atoms with Crippen LogP contribution in [0.2, 0.25) is 0 Å². The predicted molar refractivity (Wildman–Crippen MR) is 145 cm³/mol. The number of benzene rings is 2. The summed E-state index contributed by atoms with van der Waals surface area (Å²) in [5.74, 6) is -0.178. The van der Waals surface area contributed by atoms with Crippen LogP contribution in [0.1, 0.15) is 52.1 Å². The first kappa shape index (κ1) is 25.4. The number of rotatable bonds is 5. The van der Waals surface area contributed by atoms with Crippen molar-refractivity contribution in [1.82, 2.24) is 9.46 Å². The molecule has 1 amide bonds. The fourth-order valence-electron chi connectivity index (χ4n) is 5.69. The summed E-state index contributed by atoms with van der Waals surface area (Å²) in [4.78, 5) is 15.4. The third kappa shape index (κ3) is 4.76. The van der Waals surface area contributed by atoms with Crippen LogP contribution in [-0.2, 0) is 21.2 Å². The summed E-state index contributed by atoms with van der Waals surface area (Å²) in [5, 5.41) is 3.98. The largest absolute Gasteiger partial charge is 0.355 e. The van der Waals surface area contributed by atoms with Crippen molar-refractivity contribution >= 4 is 33.8 Å². The van der Waals surface area contributed by atoms with Crippen molar-refractivity contribution in [1.29, 1.82) is 0 Å². The van der Waals surface area contributed by atoms with Gasteiger partial charge in [-0.3, -0.25) is 4.79 Å². The number of anilines is 1. The number of sulfonamides is 1. The van der Waals surface area contributed by atoms with Crippen molar-refractivity contribution in [2.75, 3.05) is 24.5 Å². The van der Waals surface area contributed by atoms with Crippen molar-refractivity contribution in [3.05, 3.63) is 75.7 Å². The number of aromatic nitrogens is 1. The quantitative estimate of drug-likeness (QED) is 0.470. The second-order valence-electron chi connectivity index (χ2n) is 10.2. The van der Waals surface area contributed by atoms with Gasteiger partial charge in [-0.05, 0) is 81.4 Å². The molecule has 2 aromatic carbocycles. The van der Waals surface area contributed by atoms with E-state index in [1.54, 1.807) is 13.0 Å². The number of hydrogen-bond donors (Lipinski definition) is 0. The fourth-order valence-corrected chi connectivity index (χ4v) is 7.46. The van der Waals surface area contributed by atoms with Crippen LogP contribution >= 0.6 is 0 Å². The van der Waals surface area contributed by atoms with E-state index in [9.17, 15) is 13.2 Å². The molecule has 1 atom stereocenters. The first-order valence-electron chi connectivity index (χ1n) is 12.8. The van der Waals surface area contributed by atoms with E-state index in [0.29, 0.717) is 31.6 Å². The highest BCUT2D eigenvalue weighted by molar-refractivity contribution is 7.89. The van der Waals surface area contributed by atoms with Gasteiger partial charge < -0.3 is 9.42 Å². The third-order valence-electron chi connectivity index (χ3n) is 7.46. The molecule has 0 aliphatic carbocycles. The first-order valence-corrected chi connectivity index (χ1v) is 14.2. The molecule has 0 unspecified atom stereocenters. The predicted octanol–water partition coefficient (Wildman–Crippen LogP) is 5.07. The average Bonchev–Trinajstić information content (AvgIpc) is 3.47. The molecule has 0 saturated carbocycles. The summed E-state index contributed by atoms with van der Waals surface area (Å²) in [5.41, 5.74) is 6.84. The Morgan fingerprint density at radius 3 is 2.54 bits per heavy atom. The summed E-state index contributed by atoms with van der Waals surface area (Å²) in [6.45, 7) is 8.93. The SMILES string of the molecule is Cc1cc(C)c(/C=C/c2onc(C)c2S(=O)(=O)N2CCC[C@@H](C(=O)N3CCc4ccccc43)C2)c(C)c1. The van der Waals surface area contributed by atoms with Crippen molar-refractivity contribution in [2.24, 2.45) is 5.92 Å². The molecule has 1 aromatic heterocycles. The van der Waals surface area contributed by atoms with Gasteiger partial charge in [0.15, 0.2) is 10.7 Å². The van der Waals surface area contributed by atoms with Gasteiger partial charge in [0.05, 0.1) is 5.92 Å². The molecule has 0 radical (unpaired) electrons. The molecule has 7 nitrogen and oxygen atoms in total. The molecule has 2 aliphatic heterocycles. The van der Waals surface area contributed by atoms with E-state index in [1.165, 1.54) is 9.87 Å². The van der Waals surface area contributed by atoms with Gasteiger partial charge in [0.2, 0.25) is 15.9 Å². The van der Waals surface area contributed by atoms with E-state index < -0.39 is 10.0 Å². The number of para-hydroxylation sites is 1. The zero-order chi connectivity index (χ0) is 26.3. The molecule has 1 saturated heterocycles. The molecule has 0 spiro atoms. The van der Waals surface area contributed by atoms with Crippen molar-refractivity contribution in [2.45, 2.75) is 51.9 Å². The smallest absolute Gasteiger partial charge is 0.248 e. The van der Waals surface area contributed by atoms with Crippen LogP contribution in [0.25, 0.3) is 12.2 Å². The third-order valence-corrected chi connectivity index (χ3v) is 9.48. The Kier molecular flexibility index (Phi) is 6.81. The molecule has 8 heteroatoms. The summed E-state index contributed by atoms with van der Waals surface area (Å²) in [6.07, 6.45) is 5.70. The fraction of sp³-hybridized carbons (Fsp3) is 0.379. The minimum absolute atomic E-state index is 0.00247. The number of carbonyl (C=O) groups excluding carboxylic acids is 1. The van der Waals surface area contributed by atoms with Crippen molar-refractivity contribution in [3.8, 4) is 0 Å². The molecule has 37 heavy (non-hydrogen) atoms. The Hall–Kier alpha value is -3.23. The molecule has 2 aliphatic rings. The Bertz CT molecular complexity index is 1470. The Balaban J connectivity index is 1.39. The van der Waals surface area contributed by atoms with Gasteiger partial charge in [0.25, 0.3) is 0 Å². The lowest BCUT2D eigenvalue weighted by Crippen LogP contribution is -2.46. The van der Waals surface area contributed by atoms with Crippen molar-refractivity contribution < 1.29 is 17.7 Å². The summed E-state index contributed by atoms with van der Waals surface area (Å²) in [7, 11) is -3.91. The van der Waals surface area contributed by atoms with Gasteiger partial charge in [0, 0.05) is 25.3 Å². The Morgan fingerprint density at radius 1 is 1.05 bits per heavy atom. The number of carbonyl (C=O) groups is 1. The molecule has 3 aromatic rings. The lowest BCUT2D eigenvalue weighted by Gasteiger charge is -2.33. The van der Waals surface area contributed by atoms with Crippen LogP contribution in [0.5, 0.6) is 0 Å². The van der Waals surface area contributed by atoms with Gasteiger partial charge in [0.1, 0.15) is 5.69 Å². The second kappa shape index (κ2) is 9.91. The zero-order valence-corrected chi connectivity index (χ0v) is 22.6. The Labute approximate surface area is 218 Å². The molecule has 194 valence electrons. The van der Waals surface area contributed by atoms with Crippen LogP contribution in [-0.4, -0.2) is 43.4 Å². The monoisotopic (exact) mass is 519 g/mol. The van der Waals surface area contributed by atoms with Gasteiger partial charge in [-0.25, -0.2) is 8.42 Å². The maximum absolute atomic E-state index is 13.8. The topological polar surface area (TPSA) is 83.7 Å². The van der Waals surface area contributed by atoms with Crippen LogP contribution in [0.4, 0.5) is 5.69 Å². The van der Waals surface area contributed by atoms with E-state index in [2.05, 4.69) is 24.2 Å². The van der Waals surface area contributed by atoms with Gasteiger partial charge in [-0.1, -0.05) is 47.1 Å². The van der Waals surface area contributed by atoms with Crippen molar-refractivity contribution in [3.63, 3.8) is 0 Å². The van der Waals surface area contributed by atoms with Crippen LogP contribution in [0, 0.1) is 33.6 Å². The highest BCUT2D eigenvalue weighted by Gasteiger charge is 2.39. The molecular formula is C29H33N3O4S. The average molecular weight is 520 g/mol. The molecule has 0 N–H and O–H groups in total. The normalized spacial score (nSPS) is 18.5. The highest BCUT2D eigenvalue weighted by Crippen LogP contribution is 2.33. The Morgan fingerprint density at radius 2 is 1.78 bits per heavy atom. The molecule has 5 rings (SSSR count). The number of hydrogen-bond acceptors (Lipinski definition) is 5. The van der Waals surface area contributed by atoms with E-state index in [0.717, 1.165) is 34.4 Å². The van der Waals surface area contributed by atoms with Crippen LogP contribution in [0.3, 0.4) is 0 Å². The lowest BCUT2D eigenvalue weighted by molar-refractivity contribution is -0.123. The minimum Gasteiger partial charge on any atom is -0.355 e. The lowest BCUT2D eigenvalue weighted by atomic mass is 9.98. The number of fused-ring (bicyclic) bond motifs is 1. The second-order valence-corrected chi connectivity index (χ2v) is 12.1. The summed E-state index contributed by atoms with van der Waals surface area (Å²) < 4.78 is 34.6.